The van der Waals surface area contributed by atoms with Crippen LogP contribution in [0.3, 0.4) is 0 Å². The van der Waals surface area contributed by atoms with Crippen molar-refractivity contribution in [2.45, 2.75) is 51.9 Å². The Morgan fingerprint density at radius 3 is 2.78 bits per heavy atom. The molecule has 2 rings (SSSR count). The van der Waals surface area contributed by atoms with Crippen LogP contribution >= 0.6 is 11.6 Å². The van der Waals surface area contributed by atoms with Crippen molar-refractivity contribution in [1.29, 1.82) is 0 Å². The molecule has 4 nitrogen and oxygen atoms in total. The van der Waals surface area contributed by atoms with Gasteiger partial charge in [0.2, 0.25) is 0 Å². The molecule has 0 amide bonds. The molecule has 0 aromatic heterocycles. The lowest BCUT2D eigenvalue weighted by Gasteiger charge is -2.27. The summed E-state index contributed by atoms with van der Waals surface area (Å²) in [5, 5.41) is 22.8. The highest BCUT2D eigenvalue weighted by Crippen LogP contribution is 2.44. The highest BCUT2D eigenvalue weighted by molar-refractivity contribution is 6.31. The van der Waals surface area contributed by atoms with Crippen molar-refractivity contribution >= 4 is 11.6 Å². The lowest BCUT2D eigenvalue weighted by atomic mass is 9.82. The Kier molecular flexibility index (Phi) is 6.26. The molecule has 0 spiro atoms. The maximum atomic E-state index is 14.8. The Balaban J connectivity index is 2.58. The summed E-state index contributed by atoms with van der Waals surface area (Å²) in [6, 6.07) is 1.44. The van der Waals surface area contributed by atoms with E-state index in [1.165, 1.54) is 6.07 Å². The predicted molar refractivity (Wildman–Crippen MR) is 88.4 cm³/mol. The van der Waals surface area contributed by atoms with Crippen LogP contribution in [0, 0.1) is 11.7 Å². The zero-order valence-corrected chi connectivity index (χ0v) is 14.5. The molecular formula is C17H25ClFNO3. The Morgan fingerprint density at radius 2 is 2.17 bits per heavy atom. The van der Waals surface area contributed by atoms with E-state index in [1.807, 2.05) is 13.8 Å². The summed E-state index contributed by atoms with van der Waals surface area (Å²) in [5.74, 6) is -0.149. The van der Waals surface area contributed by atoms with E-state index in [0.29, 0.717) is 42.9 Å². The van der Waals surface area contributed by atoms with Gasteiger partial charge >= 0.3 is 0 Å². The normalized spacial score (nSPS) is 26.7. The third-order valence-corrected chi connectivity index (χ3v) is 4.73. The average Bonchev–Trinajstić information content (AvgIpc) is 2.66. The number of aliphatic hydroxyl groups excluding tert-OH is 2. The molecule has 1 fully saturated rings. The molecule has 130 valence electrons. The van der Waals surface area contributed by atoms with Gasteiger partial charge in [-0.05, 0) is 44.6 Å². The number of hydrogen-bond acceptors (Lipinski definition) is 4. The third kappa shape index (κ3) is 3.97. The Bertz CT molecular complexity index is 553. The number of aliphatic hydroxyl groups is 2. The van der Waals surface area contributed by atoms with E-state index in [-0.39, 0.29) is 16.9 Å². The fraction of sp³-hybridized carbons (Fsp3) is 0.647. The first-order valence-corrected chi connectivity index (χ1v) is 8.48. The second-order valence-electron chi connectivity index (χ2n) is 6.20. The van der Waals surface area contributed by atoms with Crippen LogP contribution in [-0.4, -0.2) is 29.6 Å². The number of ether oxygens (including phenoxy) is 1. The van der Waals surface area contributed by atoms with E-state index in [0.717, 1.165) is 0 Å². The molecule has 1 aliphatic heterocycles. The van der Waals surface area contributed by atoms with Gasteiger partial charge in [0, 0.05) is 17.7 Å². The zero-order chi connectivity index (χ0) is 17.1. The number of nitrogens with one attached hydrogen (secondary N) is 1. The predicted octanol–water partition coefficient (Wildman–Crippen LogP) is 3.35. The van der Waals surface area contributed by atoms with Crippen LogP contribution in [0.15, 0.2) is 6.07 Å². The summed E-state index contributed by atoms with van der Waals surface area (Å²) in [6.45, 7) is 6.39. The van der Waals surface area contributed by atoms with Gasteiger partial charge in [-0.25, -0.2) is 4.39 Å². The van der Waals surface area contributed by atoms with Gasteiger partial charge in [0.1, 0.15) is 17.8 Å². The number of benzene rings is 1. The molecule has 1 aromatic carbocycles. The first kappa shape index (κ1) is 18.5. The maximum absolute atomic E-state index is 14.8. The molecule has 23 heavy (non-hydrogen) atoms. The topological polar surface area (TPSA) is 61.7 Å². The van der Waals surface area contributed by atoms with Gasteiger partial charge < -0.3 is 14.9 Å². The van der Waals surface area contributed by atoms with Gasteiger partial charge in [-0.1, -0.05) is 18.5 Å². The lowest BCUT2D eigenvalue weighted by Crippen LogP contribution is -2.30. The molecule has 6 heteroatoms. The van der Waals surface area contributed by atoms with Gasteiger partial charge in [-0.2, -0.15) is 0 Å². The largest absolute Gasteiger partial charge is 0.493 e. The molecule has 1 heterocycles. The maximum Gasteiger partial charge on any atom is 0.148 e. The molecule has 1 saturated heterocycles. The summed E-state index contributed by atoms with van der Waals surface area (Å²) in [4.78, 5) is 0. The van der Waals surface area contributed by atoms with Crippen molar-refractivity contribution in [3.63, 3.8) is 0 Å². The minimum Gasteiger partial charge on any atom is -0.493 e. The summed E-state index contributed by atoms with van der Waals surface area (Å²) in [5.41, 5.74) is 0.914. The molecule has 4 atom stereocenters. The minimum atomic E-state index is -0.807. The minimum absolute atomic E-state index is 0.00990. The smallest absolute Gasteiger partial charge is 0.148 e. The molecule has 3 N–H and O–H groups in total. The van der Waals surface area contributed by atoms with E-state index in [1.54, 1.807) is 6.92 Å². The number of halogens is 2. The molecule has 1 aromatic rings. The van der Waals surface area contributed by atoms with E-state index >= 15 is 0 Å². The lowest BCUT2D eigenvalue weighted by molar-refractivity contribution is 0.132. The molecular weight excluding hydrogens is 321 g/mol. The number of hydrogen-bond donors (Lipinski definition) is 3. The summed E-state index contributed by atoms with van der Waals surface area (Å²) >= 11 is 6.06. The van der Waals surface area contributed by atoms with Crippen molar-refractivity contribution in [2.75, 3.05) is 13.2 Å². The van der Waals surface area contributed by atoms with Crippen LogP contribution in [0.1, 0.15) is 56.8 Å². The van der Waals surface area contributed by atoms with Crippen molar-refractivity contribution in [3.8, 4) is 5.75 Å². The Morgan fingerprint density at radius 1 is 1.48 bits per heavy atom. The van der Waals surface area contributed by atoms with Crippen molar-refractivity contribution in [3.05, 3.63) is 28.0 Å². The van der Waals surface area contributed by atoms with Crippen LogP contribution in [0.4, 0.5) is 4.39 Å². The van der Waals surface area contributed by atoms with Crippen LogP contribution in [0.25, 0.3) is 0 Å². The molecule has 0 bridgehead atoms. The second kappa shape index (κ2) is 7.79. The SMILES string of the molecule is CCOc1c(C(C)O)cc(Cl)c(F)c1C1CCC(O)NCC1C. The molecule has 4 unspecified atom stereocenters. The molecule has 0 saturated carbocycles. The number of rotatable bonds is 4. The monoisotopic (exact) mass is 345 g/mol. The molecule has 0 radical (unpaired) electrons. The van der Waals surface area contributed by atoms with E-state index < -0.39 is 18.1 Å². The van der Waals surface area contributed by atoms with Gasteiger partial charge in [0.15, 0.2) is 0 Å². The van der Waals surface area contributed by atoms with Crippen molar-refractivity contribution in [1.82, 2.24) is 5.32 Å². The van der Waals surface area contributed by atoms with Crippen LogP contribution in [0.5, 0.6) is 5.75 Å². The molecule has 1 aliphatic rings. The highest BCUT2D eigenvalue weighted by Gasteiger charge is 2.32. The van der Waals surface area contributed by atoms with Crippen molar-refractivity contribution in [2.24, 2.45) is 5.92 Å². The van der Waals surface area contributed by atoms with Crippen LogP contribution < -0.4 is 10.1 Å². The first-order valence-electron chi connectivity index (χ1n) is 8.10. The van der Waals surface area contributed by atoms with Gasteiger partial charge in [0.25, 0.3) is 0 Å². The average molecular weight is 346 g/mol. The van der Waals surface area contributed by atoms with E-state index in [4.69, 9.17) is 16.3 Å². The fourth-order valence-corrected chi connectivity index (χ4v) is 3.43. The van der Waals surface area contributed by atoms with Gasteiger partial charge in [-0.3, -0.25) is 5.32 Å². The summed E-state index contributed by atoms with van der Waals surface area (Å²) in [6.07, 6.45) is -0.252. The van der Waals surface area contributed by atoms with Crippen molar-refractivity contribution < 1.29 is 19.3 Å². The Hall–Kier alpha value is -0.880. The third-order valence-electron chi connectivity index (χ3n) is 4.46. The second-order valence-corrected chi connectivity index (χ2v) is 6.61. The zero-order valence-electron chi connectivity index (χ0n) is 13.8. The summed E-state index contributed by atoms with van der Waals surface area (Å²) in [7, 11) is 0. The van der Waals surface area contributed by atoms with E-state index in [9.17, 15) is 14.6 Å². The molecule has 0 aliphatic carbocycles. The van der Waals surface area contributed by atoms with Crippen LogP contribution in [0.2, 0.25) is 5.02 Å². The van der Waals surface area contributed by atoms with Gasteiger partial charge in [-0.15, -0.1) is 0 Å². The highest BCUT2D eigenvalue weighted by atomic mass is 35.5. The Labute approximate surface area is 141 Å². The standard InChI is InChI=1S/C17H25ClFNO3/c1-4-23-17-12(10(3)21)7-13(18)16(19)15(17)11-5-6-14(22)20-8-9(11)2/h7,9-11,14,20-22H,4-6,8H2,1-3H3. The van der Waals surface area contributed by atoms with E-state index in [2.05, 4.69) is 5.32 Å². The van der Waals surface area contributed by atoms with Gasteiger partial charge in [0.05, 0.1) is 17.7 Å². The first-order chi connectivity index (χ1) is 10.9. The fourth-order valence-electron chi connectivity index (χ4n) is 3.21. The quantitative estimate of drug-likeness (QED) is 0.783. The van der Waals surface area contributed by atoms with Crippen LogP contribution in [-0.2, 0) is 0 Å². The summed E-state index contributed by atoms with van der Waals surface area (Å²) < 4.78 is 20.5.